The Balaban J connectivity index is 1.37. The Bertz CT molecular complexity index is 665. The minimum atomic E-state index is -3.48. The zero-order valence-electron chi connectivity index (χ0n) is 15.9. The minimum absolute atomic E-state index is 0.00953. The van der Waals surface area contributed by atoms with Crippen LogP contribution in [0.5, 0.6) is 0 Å². The number of piperidine rings is 1. The number of hydrogen-bond acceptors (Lipinski definition) is 4. The molecule has 1 aliphatic heterocycles. The summed E-state index contributed by atoms with van der Waals surface area (Å²) in [4.78, 5) is 2.65. The van der Waals surface area contributed by atoms with Crippen LogP contribution in [0.25, 0.3) is 0 Å². The third kappa shape index (κ3) is 6.71. The van der Waals surface area contributed by atoms with Crippen molar-refractivity contribution in [1.82, 2.24) is 9.62 Å². The highest BCUT2D eigenvalue weighted by molar-refractivity contribution is 7.89. The molecule has 1 heterocycles. The van der Waals surface area contributed by atoms with Crippen molar-refractivity contribution in [1.29, 1.82) is 0 Å². The van der Waals surface area contributed by atoms with Crippen molar-refractivity contribution in [2.45, 2.75) is 68.4 Å². The lowest BCUT2D eigenvalue weighted by Gasteiger charge is -2.32. The number of halogens is 1. The molecule has 0 radical (unpaired) electrons. The molecular formula is C20H31ClN2O3S. The number of benzene rings is 1. The smallest absolute Gasteiger partial charge is 0.240 e. The molecule has 0 bridgehead atoms. The summed E-state index contributed by atoms with van der Waals surface area (Å²) in [5.74, 6) is 0. The number of ether oxygens (including phenoxy) is 1. The van der Waals surface area contributed by atoms with Crippen molar-refractivity contribution in [2.75, 3.05) is 26.2 Å². The Morgan fingerprint density at radius 3 is 2.26 bits per heavy atom. The monoisotopic (exact) mass is 414 g/mol. The Hall–Kier alpha value is -0.660. The summed E-state index contributed by atoms with van der Waals surface area (Å²) in [5.41, 5.74) is 0. The molecule has 0 atom stereocenters. The molecule has 1 aromatic rings. The van der Waals surface area contributed by atoms with E-state index < -0.39 is 10.0 Å². The molecule has 3 rings (SSSR count). The largest absolute Gasteiger partial charge is 0.377 e. The molecule has 0 unspecified atom stereocenters. The predicted molar refractivity (Wildman–Crippen MR) is 109 cm³/mol. The SMILES string of the molecule is O=S(=O)(NC1CCN(CCOC2CCCCCC2)CC1)c1ccc(Cl)cc1. The Labute approximate surface area is 168 Å². The molecule has 0 amide bonds. The van der Waals surface area contributed by atoms with Gasteiger partial charge in [0.25, 0.3) is 0 Å². The number of nitrogens with zero attached hydrogens (tertiary/aromatic N) is 1. The van der Waals surface area contributed by atoms with E-state index >= 15 is 0 Å². The van der Waals surface area contributed by atoms with Crippen molar-refractivity contribution in [3.05, 3.63) is 29.3 Å². The summed E-state index contributed by atoms with van der Waals surface area (Å²) in [6.45, 7) is 3.53. The zero-order chi connectivity index (χ0) is 19.1. The van der Waals surface area contributed by atoms with Gasteiger partial charge in [-0.2, -0.15) is 0 Å². The first kappa shape index (κ1) is 21.1. The molecule has 1 N–H and O–H groups in total. The average molecular weight is 415 g/mol. The second kappa shape index (κ2) is 10.2. The van der Waals surface area contributed by atoms with Crippen LogP contribution in [0.15, 0.2) is 29.2 Å². The van der Waals surface area contributed by atoms with Crippen molar-refractivity contribution < 1.29 is 13.2 Å². The molecule has 1 saturated heterocycles. The normalized spacial score (nSPS) is 21.2. The van der Waals surface area contributed by atoms with E-state index in [4.69, 9.17) is 16.3 Å². The van der Waals surface area contributed by atoms with Crippen LogP contribution >= 0.6 is 11.6 Å². The minimum Gasteiger partial charge on any atom is -0.377 e. The number of likely N-dealkylation sites (tertiary alicyclic amines) is 1. The van der Waals surface area contributed by atoms with E-state index in [1.807, 2.05) is 0 Å². The van der Waals surface area contributed by atoms with Crippen LogP contribution in [0.2, 0.25) is 5.02 Å². The van der Waals surface area contributed by atoms with E-state index in [1.165, 1.54) is 38.5 Å². The standard InChI is InChI=1S/C20H31ClN2O3S/c21-17-7-9-20(10-8-17)27(24,25)22-18-11-13-23(14-12-18)15-16-26-19-5-3-1-2-4-6-19/h7-10,18-19,22H,1-6,11-16H2. The average Bonchev–Trinajstić information content (AvgIpc) is 2.92. The maximum absolute atomic E-state index is 12.5. The summed E-state index contributed by atoms with van der Waals surface area (Å²) in [6.07, 6.45) is 9.79. The van der Waals surface area contributed by atoms with Crippen LogP contribution in [0, 0.1) is 0 Å². The van der Waals surface area contributed by atoms with Gasteiger partial charge in [0.2, 0.25) is 10.0 Å². The summed E-state index contributed by atoms with van der Waals surface area (Å²) in [6, 6.07) is 6.29. The maximum Gasteiger partial charge on any atom is 0.240 e. The molecular weight excluding hydrogens is 384 g/mol. The van der Waals surface area contributed by atoms with Crippen molar-refractivity contribution in [2.24, 2.45) is 0 Å². The van der Waals surface area contributed by atoms with Gasteiger partial charge < -0.3 is 9.64 Å². The number of rotatable bonds is 7. The molecule has 1 aromatic carbocycles. The number of hydrogen-bond donors (Lipinski definition) is 1. The third-order valence-corrected chi connectivity index (χ3v) is 7.38. The first-order valence-corrected chi connectivity index (χ1v) is 12.0. The molecule has 152 valence electrons. The van der Waals surface area contributed by atoms with E-state index in [0.717, 1.165) is 39.1 Å². The first-order valence-electron chi connectivity index (χ1n) is 10.1. The molecule has 0 spiro atoms. The lowest BCUT2D eigenvalue weighted by Crippen LogP contribution is -2.45. The molecule has 2 fully saturated rings. The number of nitrogens with one attached hydrogen (secondary N) is 1. The van der Waals surface area contributed by atoms with Crippen molar-refractivity contribution in [3.8, 4) is 0 Å². The van der Waals surface area contributed by atoms with Gasteiger partial charge in [0.15, 0.2) is 0 Å². The van der Waals surface area contributed by atoms with Gasteiger partial charge in [-0.15, -0.1) is 0 Å². The molecule has 5 nitrogen and oxygen atoms in total. The maximum atomic E-state index is 12.5. The highest BCUT2D eigenvalue weighted by Gasteiger charge is 2.24. The fourth-order valence-electron chi connectivity index (χ4n) is 3.93. The van der Waals surface area contributed by atoms with Crippen LogP contribution < -0.4 is 4.72 Å². The quantitative estimate of drug-likeness (QED) is 0.689. The predicted octanol–water partition coefficient (Wildman–Crippen LogP) is 3.82. The highest BCUT2D eigenvalue weighted by Crippen LogP contribution is 2.20. The lowest BCUT2D eigenvalue weighted by molar-refractivity contribution is 0.0252. The van der Waals surface area contributed by atoms with Crippen LogP contribution in [0.3, 0.4) is 0 Å². The molecule has 2 aliphatic rings. The topological polar surface area (TPSA) is 58.6 Å². The molecule has 1 aliphatic carbocycles. The molecule has 27 heavy (non-hydrogen) atoms. The van der Waals surface area contributed by atoms with Gasteiger partial charge in [0.05, 0.1) is 17.6 Å². The Kier molecular flexibility index (Phi) is 7.97. The summed E-state index contributed by atoms with van der Waals surface area (Å²) >= 11 is 5.84. The second-order valence-electron chi connectivity index (χ2n) is 7.68. The molecule has 0 aromatic heterocycles. The van der Waals surface area contributed by atoms with E-state index in [2.05, 4.69) is 9.62 Å². The van der Waals surface area contributed by atoms with Gasteiger partial charge in [0, 0.05) is 17.6 Å². The highest BCUT2D eigenvalue weighted by atomic mass is 35.5. The second-order valence-corrected chi connectivity index (χ2v) is 9.83. The van der Waals surface area contributed by atoms with Crippen LogP contribution in [0.4, 0.5) is 0 Å². The molecule has 1 saturated carbocycles. The fraction of sp³-hybridized carbons (Fsp3) is 0.700. The summed E-state index contributed by atoms with van der Waals surface area (Å²) in [7, 11) is -3.48. The fourth-order valence-corrected chi connectivity index (χ4v) is 5.36. The van der Waals surface area contributed by atoms with Crippen molar-refractivity contribution in [3.63, 3.8) is 0 Å². The van der Waals surface area contributed by atoms with Gasteiger partial charge >= 0.3 is 0 Å². The third-order valence-electron chi connectivity index (χ3n) is 5.60. The van der Waals surface area contributed by atoms with Crippen LogP contribution in [0.1, 0.15) is 51.4 Å². The first-order chi connectivity index (χ1) is 13.0. The summed E-state index contributed by atoms with van der Waals surface area (Å²) < 4.78 is 33.9. The lowest BCUT2D eigenvalue weighted by atomic mass is 10.1. The number of sulfonamides is 1. The molecule has 7 heteroatoms. The van der Waals surface area contributed by atoms with Crippen molar-refractivity contribution >= 4 is 21.6 Å². The van der Waals surface area contributed by atoms with Gasteiger partial charge in [0.1, 0.15) is 0 Å². The zero-order valence-corrected chi connectivity index (χ0v) is 17.5. The Morgan fingerprint density at radius 2 is 1.63 bits per heavy atom. The van der Waals surface area contributed by atoms with Gasteiger partial charge in [-0.25, -0.2) is 13.1 Å². The van der Waals surface area contributed by atoms with E-state index in [1.54, 1.807) is 24.3 Å². The van der Waals surface area contributed by atoms with E-state index in [-0.39, 0.29) is 10.9 Å². The van der Waals surface area contributed by atoms with Gasteiger partial charge in [-0.1, -0.05) is 37.3 Å². The van der Waals surface area contributed by atoms with Crippen LogP contribution in [-0.4, -0.2) is 51.7 Å². The Morgan fingerprint density at radius 1 is 1.00 bits per heavy atom. The van der Waals surface area contributed by atoms with Gasteiger partial charge in [-0.05, 0) is 63.0 Å². The van der Waals surface area contributed by atoms with Crippen LogP contribution in [-0.2, 0) is 14.8 Å². The van der Waals surface area contributed by atoms with Gasteiger partial charge in [-0.3, -0.25) is 0 Å². The van der Waals surface area contributed by atoms with E-state index in [0.29, 0.717) is 11.1 Å². The van der Waals surface area contributed by atoms with E-state index in [9.17, 15) is 8.42 Å². The summed E-state index contributed by atoms with van der Waals surface area (Å²) in [5, 5.41) is 0.535.